The van der Waals surface area contributed by atoms with E-state index in [9.17, 15) is 0 Å². The van der Waals surface area contributed by atoms with Crippen molar-refractivity contribution in [3.8, 4) is 45.3 Å². The minimum atomic E-state index is 0.614. The first-order valence-electron chi connectivity index (χ1n) is 16.4. The smallest absolute Gasteiger partial charge is 0.164 e. The molecule has 0 saturated heterocycles. The summed E-state index contributed by atoms with van der Waals surface area (Å²) < 4.78 is 6.13. The molecule has 2 aromatic heterocycles. The Morgan fingerprint density at radius 1 is 0.265 bits per heavy atom. The fourth-order valence-corrected chi connectivity index (χ4v) is 7.12. The molecule has 0 bridgehead atoms. The number of fused-ring (bicyclic) bond motifs is 9. The van der Waals surface area contributed by atoms with Gasteiger partial charge in [0.25, 0.3) is 0 Å². The second kappa shape index (κ2) is 11.0. The molecule has 0 amide bonds. The molecule has 0 aliphatic carbocycles. The van der Waals surface area contributed by atoms with Crippen molar-refractivity contribution in [3.05, 3.63) is 164 Å². The van der Waals surface area contributed by atoms with E-state index >= 15 is 0 Å². The van der Waals surface area contributed by atoms with E-state index in [1.807, 2.05) is 36.4 Å². The standard InChI is InChI=1S/C45H27N3O/c1-2-10-28(11-3-1)29-18-20-30(21-19-29)43-46-44(48-45(47-43)32-23-25-42-40(27-32)38-16-8-9-17-41(38)49-42)31-22-24-37-35-14-5-4-12-33(35)34-13-6-7-15-36(34)39(37)26-31/h1-27H. The Kier molecular flexibility index (Phi) is 6.15. The van der Waals surface area contributed by atoms with Gasteiger partial charge in [-0.05, 0) is 73.8 Å². The Bertz CT molecular complexity index is 2840. The molecule has 4 nitrogen and oxygen atoms in total. The highest BCUT2D eigenvalue weighted by Gasteiger charge is 2.16. The van der Waals surface area contributed by atoms with Gasteiger partial charge in [0, 0.05) is 27.5 Å². The topological polar surface area (TPSA) is 51.8 Å². The molecule has 0 unspecified atom stereocenters. The molecule has 0 spiro atoms. The summed E-state index contributed by atoms with van der Waals surface area (Å²) in [5, 5.41) is 9.42. The number of hydrogen-bond acceptors (Lipinski definition) is 4. The van der Waals surface area contributed by atoms with Crippen molar-refractivity contribution < 1.29 is 4.42 Å². The van der Waals surface area contributed by atoms with Crippen LogP contribution in [0.5, 0.6) is 0 Å². The van der Waals surface area contributed by atoms with Gasteiger partial charge in [-0.15, -0.1) is 0 Å². The second-order valence-corrected chi connectivity index (χ2v) is 12.4. The molecule has 0 fully saturated rings. The van der Waals surface area contributed by atoms with Crippen LogP contribution in [0.3, 0.4) is 0 Å². The summed E-state index contributed by atoms with van der Waals surface area (Å²) in [4.78, 5) is 15.3. The molecule has 2 heterocycles. The van der Waals surface area contributed by atoms with Crippen molar-refractivity contribution in [3.63, 3.8) is 0 Å². The number of benzene rings is 8. The van der Waals surface area contributed by atoms with Gasteiger partial charge in [-0.1, -0.05) is 133 Å². The lowest BCUT2D eigenvalue weighted by molar-refractivity contribution is 0.669. The van der Waals surface area contributed by atoms with Crippen LogP contribution in [0.25, 0.3) is 99.5 Å². The highest BCUT2D eigenvalue weighted by molar-refractivity contribution is 6.25. The Hall–Kier alpha value is -6.65. The average Bonchev–Trinajstić information content (AvgIpc) is 3.56. The first-order chi connectivity index (χ1) is 24.3. The number of nitrogens with zero attached hydrogens (tertiary/aromatic N) is 3. The largest absolute Gasteiger partial charge is 0.456 e. The van der Waals surface area contributed by atoms with Gasteiger partial charge in [0.1, 0.15) is 11.2 Å². The lowest BCUT2D eigenvalue weighted by Crippen LogP contribution is -2.00. The van der Waals surface area contributed by atoms with Crippen LogP contribution in [0, 0.1) is 0 Å². The quantitative estimate of drug-likeness (QED) is 0.183. The van der Waals surface area contributed by atoms with Gasteiger partial charge in [0.05, 0.1) is 0 Å². The third-order valence-corrected chi connectivity index (χ3v) is 9.52. The highest BCUT2D eigenvalue weighted by atomic mass is 16.3. The van der Waals surface area contributed by atoms with Crippen LogP contribution in [-0.2, 0) is 0 Å². The van der Waals surface area contributed by atoms with Crippen LogP contribution in [0.2, 0.25) is 0 Å². The Labute approximate surface area is 282 Å². The molecule has 0 aliphatic rings. The third-order valence-electron chi connectivity index (χ3n) is 9.52. The minimum Gasteiger partial charge on any atom is -0.456 e. The van der Waals surface area contributed by atoms with Gasteiger partial charge in [0.15, 0.2) is 17.5 Å². The molecule has 10 aromatic rings. The van der Waals surface area contributed by atoms with E-state index in [0.29, 0.717) is 17.5 Å². The van der Waals surface area contributed by atoms with Crippen molar-refractivity contribution in [2.24, 2.45) is 0 Å². The summed E-state index contributed by atoms with van der Waals surface area (Å²) in [6.07, 6.45) is 0. The van der Waals surface area contributed by atoms with Gasteiger partial charge < -0.3 is 4.42 Å². The molecule has 49 heavy (non-hydrogen) atoms. The average molecular weight is 626 g/mol. The van der Waals surface area contributed by atoms with Crippen LogP contribution in [0.1, 0.15) is 0 Å². The summed E-state index contributed by atoms with van der Waals surface area (Å²) in [6, 6.07) is 57.0. The number of para-hydroxylation sites is 1. The summed E-state index contributed by atoms with van der Waals surface area (Å²) in [5.74, 6) is 1.87. The zero-order valence-electron chi connectivity index (χ0n) is 26.3. The number of aromatic nitrogens is 3. The SMILES string of the molecule is c1ccc(-c2ccc(-c3nc(-c4ccc5oc6ccccc6c5c4)nc(-c4ccc5c6ccccc6c6ccccc6c5c4)n3)cc2)cc1. The molecule has 8 aromatic carbocycles. The van der Waals surface area contributed by atoms with E-state index in [1.54, 1.807) is 0 Å². The molecule has 0 radical (unpaired) electrons. The van der Waals surface area contributed by atoms with Crippen molar-refractivity contribution >= 4 is 54.3 Å². The van der Waals surface area contributed by atoms with Crippen LogP contribution in [-0.4, -0.2) is 15.0 Å². The maximum Gasteiger partial charge on any atom is 0.164 e. The van der Waals surface area contributed by atoms with E-state index in [-0.39, 0.29) is 0 Å². The number of rotatable bonds is 4. The summed E-state index contributed by atoms with van der Waals surface area (Å²) in [5.41, 5.74) is 6.78. The molecule has 0 aliphatic heterocycles. The predicted molar refractivity (Wildman–Crippen MR) is 201 cm³/mol. The number of furan rings is 1. The van der Waals surface area contributed by atoms with Crippen molar-refractivity contribution in [2.75, 3.05) is 0 Å². The van der Waals surface area contributed by atoms with E-state index in [4.69, 9.17) is 19.4 Å². The summed E-state index contributed by atoms with van der Waals surface area (Å²) in [6.45, 7) is 0. The summed E-state index contributed by atoms with van der Waals surface area (Å²) in [7, 11) is 0. The lowest BCUT2D eigenvalue weighted by Gasteiger charge is -2.13. The van der Waals surface area contributed by atoms with E-state index in [1.165, 1.54) is 37.9 Å². The van der Waals surface area contributed by atoms with Gasteiger partial charge in [0.2, 0.25) is 0 Å². The Balaban J connectivity index is 1.18. The van der Waals surface area contributed by atoms with Crippen molar-refractivity contribution in [1.82, 2.24) is 15.0 Å². The molecule has 0 atom stereocenters. The maximum absolute atomic E-state index is 6.13. The van der Waals surface area contributed by atoms with Crippen molar-refractivity contribution in [2.45, 2.75) is 0 Å². The molecule has 0 saturated carbocycles. The van der Waals surface area contributed by atoms with Gasteiger partial charge in [-0.25, -0.2) is 15.0 Å². The first kappa shape index (κ1) is 27.5. The minimum absolute atomic E-state index is 0.614. The highest BCUT2D eigenvalue weighted by Crippen LogP contribution is 2.38. The Morgan fingerprint density at radius 2 is 0.673 bits per heavy atom. The zero-order chi connectivity index (χ0) is 32.3. The van der Waals surface area contributed by atoms with Gasteiger partial charge >= 0.3 is 0 Å². The van der Waals surface area contributed by atoms with E-state index in [2.05, 4.69) is 127 Å². The first-order valence-corrected chi connectivity index (χ1v) is 16.4. The lowest BCUT2D eigenvalue weighted by atomic mass is 9.93. The second-order valence-electron chi connectivity index (χ2n) is 12.4. The molecular formula is C45H27N3O. The maximum atomic E-state index is 6.13. The molecule has 228 valence electrons. The zero-order valence-corrected chi connectivity index (χ0v) is 26.3. The van der Waals surface area contributed by atoms with Crippen LogP contribution < -0.4 is 0 Å². The molecule has 10 rings (SSSR count). The van der Waals surface area contributed by atoms with Crippen LogP contribution in [0.15, 0.2) is 168 Å². The van der Waals surface area contributed by atoms with Gasteiger partial charge in [-0.3, -0.25) is 0 Å². The normalized spacial score (nSPS) is 11.7. The molecular weight excluding hydrogens is 599 g/mol. The fraction of sp³-hybridized carbons (Fsp3) is 0. The Morgan fingerprint density at radius 3 is 1.33 bits per heavy atom. The predicted octanol–water partition coefficient (Wildman–Crippen LogP) is 11.9. The summed E-state index contributed by atoms with van der Waals surface area (Å²) >= 11 is 0. The number of hydrogen-bond donors (Lipinski definition) is 0. The fourth-order valence-electron chi connectivity index (χ4n) is 7.12. The monoisotopic (exact) mass is 625 g/mol. The van der Waals surface area contributed by atoms with E-state index in [0.717, 1.165) is 44.2 Å². The van der Waals surface area contributed by atoms with E-state index < -0.39 is 0 Å². The third kappa shape index (κ3) is 4.57. The molecule has 4 heteroatoms. The van der Waals surface area contributed by atoms with Crippen molar-refractivity contribution in [1.29, 1.82) is 0 Å². The van der Waals surface area contributed by atoms with Crippen LogP contribution >= 0.6 is 0 Å². The van der Waals surface area contributed by atoms with Gasteiger partial charge in [-0.2, -0.15) is 0 Å². The van der Waals surface area contributed by atoms with Crippen LogP contribution in [0.4, 0.5) is 0 Å². The molecule has 0 N–H and O–H groups in total.